The zero-order valence-electron chi connectivity index (χ0n) is 10.4. The van der Waals surface area contributed by atoms with Crippen molar-refractivity contribution in [3.05, 3.63) is 48.7 Å². The third-order valence-corrected chi connectivity index (χ3v) is 2.99. The van der Waals surface area contributed by atoms with Crippen molar-refractivity contribution in [1.29, 1.82) is 5.26 Å². The molecule has 19 heavy (non-hydrogen) atoms. The van der Waals surface area contributed by atoms with E-state index in [1.807, 2.05) is 54.9 Å². The minimum atomic E-state index is 0.577. The lowest BCUT2D eigenvalue weighted by molar-refractivity contribution is 1.28. The van der Waals surface area contributed by atoms with E-state index in [0.29, 0.717) is 5.17 Å². The zero-order valence-corrected chi connectivity index (χ0v) is 11.2. The van der Waals surface area contributed by atoms with Crippen LogP contribution in [0, 0.1) is 11.5 Å². The Morgan fingerprint density at radius 1 is 1.26 bits per heavy atom. The number of benzene rings is 1. The lowest BCUT2D eigenvalue weighted by Gasteiger charge is -2.02. The monoisotopic (exact) mass is 268 g/mol. The Bertz CT molecular complexity index is 600. The number of nitriles is 1. The van der Waals surface area contributed by atoms with Crippen molar-refractivity contribution in [2.45, 2.75) is 0 Å². The van der Waals surface area contributed by atoms with Gasteiger partial charge in [-0.3, -0.25) is 10.3 Å². The molecule has 4 nitrogen and oxygen atoms in total. The minimum absolute atomic E-state index is 0.577. The van der Waals surface area contributed by atoms with Gasteiger partial charge in [0.1, 0.15) is 0 Å². The molecular weight excluding hydrogens is 256 g/mol. The number of hydrogen-bond donors (Lipinski definition) is 1. The molecule has 1 heterocycles. The fourth-order valence-electron chi connectivity index (χ4n) is 1.53. The van der Waals surface area contributed by atoms with E-state index < -0.39 is 0 Å². The Labute approximate surface area is 116 Å². The summed E-state index contributed by atoms with van der Waals surface area (Å²) in [6, 6.07) is 13.5. The lowest BCUT2D eigenvalue weighted by atomic mass is 10.1. The maximum atomic E-state index is 8.58. The first kappa shape index (κ1) is 13.1. The summed E-state index contributed by atoms with van der Waals surface area (Å²) in [5.74, 6) is 0. The maximum absolute atomic E-state index is 8.58. The van der Waals surface area contributed by atoms with Crippen LogP contribution in [-0.4, -0.2) is 16.4 Å². The van der Waals surface area contributed by atoms with Crippen molar-refractivity contribution in [2.24, 2.45) is 4.99 Å². The van der Waals surface area contributed by atoms with Crippen molar-refractivity contribution in [2.75, 3.05) is 6.26 Å². The van der Waals surface area contributed by atoms with E-state index in [4.69, 9.17) is 5.26 Å². The van der Waals surface area contributed by atoms with E-state index in [0.717, 1.165) is 16.9 Å². The average molecular weight is 268 g/mol. The molecule has 0 saturated carbocycles. The van der Waals surface area contributed by atoms with E-state index in [-0.39, 0.29) is 0 Å². The smallest absolute Gasteiger partial charge is 0.183 e. The van der Waals surface area contributed by atoms with Crippen LogP contribution in [0.1, 0.15) is 0 Å². The first-order chi connectivity index (χ1) is 9.33. The standard InChI is InChI=1S/C14H12N4S/c1-19-14(17-10-15)18-12-7-5-11(6-8-12)13-4-2-3-9-16-13/h2-9H,1H3,(H,17,18). The van der Waals surface area contributed by atoms with Gasteiger partial charge < -0.3 is 0 Å². The molecule has 0 atom stereocenters. The summed E-state index contributed by atoms with van der Waals surface area (Å²) in [5.41, 5.74) is 2.77. The molecule has 0 saturated heterocycles. The molecule has 1 aromatic carbocycles. The third-order valence-electron chi connectivity index (χ3n) is 2.41. The predicted molar refractivity (Wildman–Crippen MR) is 79.0 cm³/mol. The van der Waals surface area contributed by atoms with Crippen LogP contribution < -0.4 is 5.32 Å². The van der Waals surface area contributed by atoms with Crippen molar-refractivity contribution in [3.8, 4) is 17.5 Å². The van der Waals surface area contributed by atoms with Gasteiger partial charge in [-0.05, 0) is 30.5 Å². The molecule has 5 heteroatoms. The molecule has 0 aliphatic heterocycles. The molecular formula is C14H12N4S. The van der Waals surface area contributed by atoms with E-state index in [1.54, 1.807) is 6.20 Å². The quantitative estimate of drug-likeness (QED) is 0.393. The Balaban J connectivity index is 2.22. The van der Waals surface area contributed by atoms with Crippen LogP contribution in [-0.2, 0) is 0 Å². The second kappa shape index (κ2) is 6.57. The van der Waals surface area contributed by atoms with Crippen molar-refractivity contribution < 1.29 is 0 Å². The fourth-order valence-corrected chi connectivity index (χ4v) is 1.87. The van der Waals surface area contributed by atoms with Gasteiger partial charge in [-0.2, -0.15) is 5.26 Å². The summed E-state index contributed by atoms with van der Waals surface area (Å²) in [4.78, 5) is 8.62. The van der Waals surface area contributed by atoms with E-state index >= 15 is 0 Å². The number of rotatable bonds is 2. The van der Waals surface area contributed by atoms with Crippen LogP contribution in [0.2, 0.25) is 0 Å². The van der Waals surface area contributed by atoms with Gasteiger partial charge in [0.15, 0.2) is 11.4 Å². The average Bonchev–Trinajstić information content (AvgIpc) is 2.48. The predicted octanol–water partition coefficient (Wildman–Crippen LogP) is 3.17. The number of nitrogens with one attached hydrogen (secondary N) is 1. The number of pyridine rings is 1. The maximum Gasteiger partial charge on any atom is 0.183 e. The minimum Gasteiger partial charge on any atom is -0.271 e. The molecule has 2 rings (SSSR count). The van der Waals surface area contributed by atoms with Crippen LogP contribution >= 0.6 is 11.8 Å². The second-order valence-electron chi connectivity index (χ2n) is 3.62. The van der Waals surface area contributed by atoms with Gasteiger partial charge in [0, 0.05) is 11.8 Å². The van der Waals surface area contributed by atoms with Crippen LogP contribution in [0.5, 0.6) is 0 Å². The highest BCUT2D eigenvalue weighted by Crippen LogP contribution is 2.21. The van der Waals surface area contributed by atoms with Crippen molar-refractivity contribution in [3.63, 3.8) is 0 Å². The normalized spacial score (nSPS) is 10.8. The Kier molecular flexibility index (Phi) is 4.54. The Morgan fingerprint density at radius 2 is 2.05 bits per heavy atom. The Hall–Kier alpha value is -2.32. The summed E-state index contributed by atoms with van der Waals surface area (Å²) in [6.07, 6.45) is 5.50. The number of hydrogen-bond acceptors (Lipinski definition) is 4. The van der Waals surface area contributed by atoms with Crippen molar-refractivity contribution >= 4 is 22.6 Å². The molecule has 1 N–H and O–H groups in total. The topological polar surface area (TPSA) is 61.1 Å². The van der Waals surface area contributed by atoms with Gasteiger partial charge in [-0.15, -0.1) is 0 Å². The van der Waals surface area contributed by atoms with Gasteiger partial charge in [0.05, 0.1) is 11.4 Å². The fraction of sp³-hybridized carbons (Fsp3) is 0.0714. The molecule has 0 unspecified atom stereocenters. The molecule has 0 fully saturated rings. The number of thioether (sulfide) groups is 1. The molecule has 0 spiro atoms. The molecule has 1 aromatic heterocycles. The van der Waals surface area contributed by atoms with E-state index in [9.17, 15) is 0 Å². The molecule has 0 bridgehead atoms. The molecule has 94 valence electrons. The first-order valence-corrected chi connectivity index (χ1v) is 6.85. The highest BCUT2D eigenvalue weighted by Gasteiger charge is 1.99. The van der Waals surface area contributed by atoms with Gasteiger partial charge in [-0.1, -0.05) is 30.0 Å². The molecule has 0 aliphatic rings. The number of nitrogens with zero attached hydrogens (tertiary/aromatic N) is 3. The SMILES string of the molecule is CSC(=Nc1ccc(-c2ccccn2)cc1)NC#N. The number of aliphatic imine (C=N–C) groups is 1. The highest BCUT2D eigenvalue weighted by molar-refractivity contribution is 8.13. The van der Waals surface area contributed by atoms with Gasteiger partial charge in [0.2, 0.25) is 0 Å². The van der Waals surface area contributed by atoms with Gasteiger partial charge in [-0.25, -0.2) is 4.99 Å². The summed E-state index contributed by atoms with van der Waals surface area (Å²) < 4.78 is 0. The highest BCUT2D eigenvalue weighted by atomic mass is 32.2. The first-order valence-electron chi connectivity index (χ1n) is 5.63. The molecule has 0 aliphatic carbocycles. The van der Waals surface area contributed by atoms with Crippen LogP contribution in [0.4, 0.5) is 5.69 Å². The lowest BCUT2D eigenvalue weighted by Crippen LogP contribution is -2.12. The van der Waals surface area contributed by atoms with E-state index in [1.165, 1.54) is 11.8 Å². The number of aromatic nitrogens is 1. The zero-order chi connectivity index (χ0) is 13.5. The molecule has 0 amide bonds. The van der Waals surface area contributed by atoms with Crippen LogP contribution in [0.3, 0.4) is 0 Å². The largest absolute Gasteiger partial charge is 0.271 e. The second-order valence-corrected chi connectivity index (χ2v) is 4.41. The summed E-state index contributed by atoms with van der Waals surface area (Å²) in [7, 11) is 0. The van der Waals surface area contributed by atoms with Crippen LogP contribution in [0.15, 0.2) is 53.7 Å². The summed E-state index contributed by atoms with van der Waals surface area (Å²) in [6.45, 7) is 0. The summed E-state index contributed by atoms with van der Waals surface area (Å²) in [5, 5.41) is 11.7. The van der Waals surface area contributed by atoms with Gasteiger partial charge in [0.25, 0.3) is 0 Å². The number of amidine groups is 1. The Morgan fingerprint density at radius 3 is 2.63 bits per heavy atom. The van der Waals surface area contributed by atoms with Crippen molar-refractivity contribution in [1.82, 2.24) is 10.3 Å². The van der Waals surface area contributed by atoms with E-state index in [2.05, 4.69) is 15.3 Å². The molecule has 2 aromatic rings. The third kappa shape index (κ3) is 3.57. The summed E-state index contributed by atoms with van der Waals surface area (Å²) >= 11 is 1.39. The molecule has 0 radical (unpaired) electrons. The van der Waals surface area contributed by atoms with Gasteiger partial charge >= 0.3 is 0 Å². The van der Waals surface area contributed by atoms with Crippen LogP contribution in [0.25, 0.3) is 11.3 Å².